The van der Waals surface area contributed by atoms with Crippen LogP contribution in [0.1, 0.15) is 0 Å². The molecule has 1 heterocycles. The van der Waals surface area contributed by atoms with Gasteiger partial charge in [-0.3, -0.25) is 14.9 Å². The molecule has 0 atom stereocenters. The number of aliphatic hydroxyl groups excluding tert-OH is 1. The van der Waals surface area contributed by atoms with Crippen LogP contribution >= 0.6 is 0 Å². The Morgan fingerprint density at radius 1 is 1.33 bits per heavy atom. The molecule has 0 radical (unpaired) electrons. The summed E-state index contributed by atoms with van der Waals surface area (Å²) in [5.41, 5.74) is 0. The molecular weight excluding hydrogens is 166 g/mol. The molecule has 0 saturated carbocycles. The second-order valence-corrected chi connectivity index (χ2v) is 2.20. The van der Waals surface area contributed by atoms with Crippen LogP contribution in [0.5, 0.6) is 0 Å². The summed E-state index contributed by atoms with van der Waals surface area (Å²) in [6.45, 7) is -0.616. The molecule has 0 aromatic rings. The van der Waals surface area contributed by atoms with Crippen molar-refractivity contribution in [2.45, 2.75) is 6.29 Å². The van der Waals surface area contributed by atoms with E-state index >= 15 is 0 Å². The zero-order chi connectivity index (χ0) is 8.97. The summed E-state index contributed by atoms with van der Waals surface area (Å²) >= 11 is 0. The molecule has 0 bridgehead atoms. The Morgan fingerprint density at radius 3 is 2.25 bits per heavy atom. The molecule has 0 spiro atoms. The lowest BCUT2D eigenvalue weighted by Gasteiger charge is -2.18. The molecule has 1 saturated heterocycles. The van der Waals surface area contributed by atoms with E-state index in [9.17, 15) is 9.59 Å². The fourth-order valence-corrected chi connectivity index (χ4v) is 0.742. The van der Waals surface area contributed by atoms with Crippen molar-refractivity contribution >= 4 is 11.9 Å². The molecule has 0 aliphatic carbocycles. The van der Waals surface area contributed by atoms with Crippen LogP contribution in [-0.4, -0.2) is 43.0 Å². The van der Waals surface area contributed by atoms with E-state index in [2.05, 4.69) is 14.8 Å². The summed E-state index contributed by atoms with van der Waals surface area (Å²) in [4.78, 5) is 21.4. The number of aliphatic hydroxyl groups is 1. The van der Waals surface area contributed by atoms with Crippen LogP contribution in [0.3, 0.4) is 0 Å². The van der Waals surface area contributed by atoms with Gasteiger partial charge in [-0.05, 0) is 0 Å². The normalized spacial score (nSPS) is 20.8. The maximum absolute atomic E-state index is 10.7. The van der Waals surface area contributed by atoms with E-state index in [1.54, 1.807) is 0 Å². The minimum atomic E-state index is -1.16. The predicted octanol–water partition coefficient (Wildman–Crippen LogP) is -2.01. The zero-order valence-corrected chi connectivity index (χ0v) is 6.28. The van der Waals surface area contributed by atoms with Gasteiger partial charge >= 0.3 is 11.9 Å². The van der Waals surface area contributed by atoms with Crippen molar-refractivity contribution in [3.05, 3.63) is 0 Å². The minimum Gasteiger partial charge on any atom is -0.422 e. The fraction of sp³-hybridized carbons (Fsp3) is 0.667. The van der Waals surface area contributed by atoms with Crippen LogP contribution in [0, 0.1) is 0 Å². The van der Waals surface area contributed by atoms with Crippen LogP contribution < -0.4 is 5.32 Å². The Bertz CT molecular complexity index is 174. The summed E-state index contributed by atoms with van der Waals surface area (Å²) in [5, 5.41) is 11.1. The van der Waals surface area contributed by atoms with Gasteiger partial charge in [0, 0.05) is 0 Å². The molecule has 0 aromatic heterocycles. The first-order valence-corrected chi connectivity index (χ1v) is 3.43. The highest BCUT2D eigenvalue weighted by Gasteiger charge is 2.20. The molecule has 6 nitrogen and oxygen atoms in total. The first-order chi connectivity index (χ1) is 5.72. The van der Waals surface area contributed by atoms with Gasteiger partial charge in [0.1, 0.15) is 6.61 Å². The molecule has 2 N–H and O–H groups in total. The highest BCUT2D eigenvalue weighted by molar-refractivity contribution is 5.76. The molecule has 1 fully saturated rings. The summed E-state index contributed by atoms with van der Waals surface area (Å²) in [6.07, 6.45) is -1.16. The van der Waals surface area contributed by atoms with Crippen molar-refractivity contribution in [2.24, 2.45) is 0 Å². The standard InChI is InChI=1S/C6H9NO5/c8-3-6-11-4(9)1-7-2-5(10)12-6/h6-8H,1-3H2. The van der Waals surface area contributed by atoms with Crippen LogP contribution in [0.4, 0.5) is 0 Å². The molecule has 68 valence electrons. The Balaban J connectivity index is 2.50. The smallest absolute Gasteiger partial charge is 0.323 e. The van der Waals surface area contributed by atoms with E-state index < -0.39 is 24.8 Å². The summed E-state index contributed by atoms with van der Waals surface area (Å²) in [7, 11) is 0. The van der Waals surface area contributed by atoms with Crippen LogP contribution in [-0.2, 0) is 19.1 Å². The van der Waals surface area contributed by atoms with E-state index in [4.69, 9.17) is 5.11 Å². The Kier molecular flexibility index (Phi) is 3.01. The van der Waals surface area contributed by atoms with Crippen molar-refractivity contribution in [1.29, 1.82) is 0 Å². The lowest BCUT2D eigenvalue weighted by atomic mass is 10.5. The van der Waals surface area contributed by atoms with Gasteiger partial charge in [0.15, 0.2) is 0 Å². The molecule has 12 heavy (non-hydrogen) atoms. The predicted molar refractivity (Wildman–Crippen MR) is 35.9 cm³/mol. The third-order valence-electron chi connectivity index (χ3n) is 1.21. The van der Waals surface area contributed by atoms with Crippen LogP contribution in [0.25, 0.3) is 0 Å². The second-order valence-electron chi connectivity index (χ2n) is 2.20. The van der Waals surface area contributed by atoms with E-state index in [0.717, 1.165) is 0 Å². The molecule has 1 aliphatic heterocycles. The summed E-state index contributed by atoms with van der Waals surface area (Å²) in [5.74, 6) is -1.11. The molecule has 6 heteroatoms. The molecule has 0 aromatic carbocycles. The number of carbonyl (C=O) groups excluding carboxylic acids is 2. The van der Waals surface area contributed by atoms with E-state index in [1.165, 1.54) is 0 Å². The maximum atomic E-state index is 10.7. The van der Waals surface area contributed by atoms with Crippen LogP contribution in [0.15, 0.2) is 0 Å². The van der Waals surface area contributed by atoms with Crippen molar-refractivity contribution < 1.29 is 24.2 Å². The Labute approximate surface area is 68.5 Å². The molecule has 0 unspecified atom stereocenters. The number of carbonyl (C=O) groups is 2. The van der Waals surface area contributed by atoms with E-state index in [-0.39, 0.29) is 13.1 Å². The van der Waals surface area contributed by atoms with Gasteiger partial charge in [0.2, 0.25) is 0 Å². The van der Waals surface area contributed by atoms with Gasteiger partial charge in [0.25, 0.3) is 6.29 Å². The van der Waals surface area contributed by atoms with Gasteiger partial charge < -0.3 is 14.6 Å². The minimum absolute atomic E-state index is 0.0500. The third-order valence-corrected chi connectivity index (χ3v) is 1.21. The van der Waals surface area contributed by atoms with Gasteiger partial charge in [-0.25, -0.2) is 0 Å². The quantitative estimate of drug-likeness (QED) is 0.448. The lowest BCUT2D eigenvalue weighted by Crippen LogP contribution is -2.40. The number of esters is 2. The topological polar surface area (TPSA) is 84.9 Å². The molecular formula is C6H9NO5. The molecule has 0 amide bonds. The molecule has 1 aliphatic rings. The molecule has 1 rings (SSSR count). The number of hydrogen-bond donors (Lipinski definition) is 2. The Morgan fingerprint density at radius 2 is 1.83 bits per heavy atom. The van der Waals surface area contributed by atoms with Gasteiger partial charge in [0.05, 0.1) is 13.1 Å². The van der Waals surface area contributed by atoms with Crippen molar-refractivity contribution in [2.75, 3.05) is 19.7 Å². The number of hydrogen-bond acceptors (Lipinski definition) is 6. The average Bonchev–Trinajstić information content (AvgIpc) is 2.00. The Hall–Kier alpha value is -1.14. The third kappa shape index (κ3) is 2.48. The first kappa shape index (κ1) is 8.95. The highest BCUT2D eigenvalue weighted by Crippen LogP contribution is 1.97. The van der Waals surface area contributed by atoms with Gasteiger partial charge in [-0.2, -0.15) is 0 Å². The van der Waals surface area contributed by atoms with Crippen molar-refractivity contribution in [1.82, 2.24) is 5.32 Å². The zero-order valence-electron chi connectivity index (χ0n) is 6.28. The number of cyclic esters (lactones) is 2. The highest BCUT2D eigenvalue weighted by atomic mass is 16.7. The average molecular weight is 175 g/mol. The van der Waals surface area contributed by atoms with Gasteiger partial charge in [-0.1, -0.05) is 0 Å². The monoisotopic (exact) mass is 175 g/mol. The van der Waals surface area contributed by atoms with Crippen molar-refractivity contribution in [3.8, 4) is 0 Å². The number of ether oxygens (including phenoxy) is 2. The summed E-state index contributed by atoms with van der Waals surface area (Å²) in [6, 6.07) is 0. The van der Waals surface area contributed by atoms with Crippen molar-refractivity contribution in [3.63, 3.8) is 0 Å². The number of rotatable bonds is 1. The maximum Gasteiger partial charge on any atom is 0.323 e. The first-order valence-electron chi connectivity index (χ1n) is 3.43. The fourth-order valence-electron chi connectivity index (χ4n) is 0.742. The number of nitrogens with one attached hydrogen (secondary N) is 1. The van der Waals surface area contributed by atoms with Gasteiger partial charge in [-0.15, -0.1) is 0 Å². The van der Waals surface area contributed by atoms with Crippen LogP contribution in [0.2, 0.25) is 0 Å². The summed E-state index contributed by atoms with van der Waals surface area (Å²) < 4.78 is 9.03. The second kappa shape index (κ2) is 4.03. The van der Waals surface area contributed by atoms with E-state index in [0.29, 0.717) is 0 Å². The SMILES string of the molecule is O=C1CNCC(=O)OC(CO)O1. The van der Waals surface area contributed by atoms with E-state index in [1.807, 2.05) is 0 Å². The lowest BCUT2D eigenvalue weighted by molar-refractivity contribution is -0.195. The largest absolute Gasteiger partial charge is 0.422 e.